The molecule has 3 heterocycles. The summed E-state index contributed by atoms with van der Waals surface area (Å²) in [5.74, 6) is 2.05. The van der Waals surface area contributed by atoms with Crippen molar-refractivity contribution >= 4 is 44.6 Å². The Bertz CT molecular complexity index is 3480. The molecular weight excluding hydrogens is 709 g/mol. The third-order valence-electron chi connectivity index (χ3n) is 10.7. The average Bonchev–Trinajstić information content (AvgIpc) is 3.86. The van der Waals surface area contributed by atoms with Crippen molar-refractivity contribution in [3.8, 4) is 39.6 Å². The lowest BCUT2D eigenvalue weighted by molar-refractivity contribution is 0.483. The fourth-order valence-electron chi connectivity index (χ4n) is 8.04. The summed E-state index contributed by atoms with van der Waals surface area (Å²) in [5, 5.41) is 2.17. The van der Waals surface area contributed by atoms with E-state index in [2.05, 4.69) is 66.6 Å². The molecule has 0 fully saturated rings. The molecule has 0 amide bonds. The molecule has 58 heavy (non-hydrogen) atoms. The molecule has 7 aromatic carbocycles. The van der Waals surface area contributed by atoms with Crippen molar-refractivity contribution in [2.45, 2.75) is 33.1 Å². The van der Waals surface area contributed by atoms with E-state index in [1.807, 2.05) is 78.7 Å². The van der Waals surface area contributed by atoms with Crippen molar-refractivity contribution in [2.24, 2.45) is 0 Å². The molecule has 10 rings (SSSR count). The maximum atomic E-state index is 9.03. The van der Waals surface area contributed by atoms with E-state index in [1.165, 1.54) is 11.6 Å². The smallest absolute Gasteiger partial charge is 0.137 e. The minimum Gasteiger partial charge on any atom is -0.457 e. The molecular formula is C53H44N4O. The Hall–Kier alpha value is -7.11. The van der Waals surface area contributed by atoms with Crippen LogP contribution in [0.15, 0.2) is 182 Å². The minimum atomic E-state index is -0.519. The van der Waals surface area contributed by atoms with Gasteiger partial charge >= 0.3 is 0 Å². The number of ether oxygens (including phenoxy) is 1. The van der Waals surface area contributed by atoms with E-state index in [0.29, 0.717) is 28.3 Å². The van der Waals surface area contributed by atoms with Crippen LogP contribution in [-0.2, 0) is 5.41 Å². The van der Waals surface area contributed by atoms with Gasteiger partial charge in [-0.3, -0.25) is 4.57 Å². The summed E-state index contributed by atoms with van der Waals surface area (Å²) in [7, 11) is 0. The highest BCUT2D eigenvalue weighted by Gasteiger charge is 2.31. The van der Waals surface area contributed by atoms with Crippen molar-refractivity contribution in [3.63, 3.8) is 0 Å². The van der Waals surface area contributed by atoms with Crippen LogP contribution in [0.2, 0.25) is 0 Å². The molecule has 0 saturated carbocycles. The normalized spacial score (nSPS) is 14.9. The Morgan fingerprint density at radius 1 is 0.603 bits per heavy atom. The summed E-state index contributed by atoms with van der Waals surface area (Å²) in [6.45, 7) is 8.75. The van der Waals surface area contributed by atoms with Crippen molar-refractivity contribution in [1.29, 1.82) is 0 Å². The molecule has 0 N–H and O–H groups in total. The standard InChI is InChI=1S/C53H44N4O/c1-36-30-40(33-42(31-36)58-41-26-27-46-45-20-11-12-23-47(45)57(50(46)34-41)51-32-39(28-29-54-51)53(2,3)4)55-35-56(49-25-14-13-24-48(49)55)52-43(37-16-7-5-8-17-37)21-15-22-44(52)38-18-9-6-10-19-38/h5-34H,35H2,1-4H3/i5D,6D,7D,8D,9D,10D,16D,17D,18D. The second-order valence-corrected chi connectivity index (χ2v) is 15.6. The maximum absolute atomic E-state index is 9.03. The van der Waals surface area contributed by atoms with Gasteiger partial charge in [0.15, 0.2) is 0 Å². The summed E-state index contributed by atoms with van der Waals surface area (Å²) in [5.41, 5.74) is 7.65. The highest BCUT2D eigenvalue weighted by molar-refractivity contribution is 6.09. The number of hydrogen-bond donors (Lipinski definition) is 0. The number of para-hydroxylation sites is 4. The predicted octanol–water partition coefficient (Wildman–Crippen LogP) is 14.2. The summed E-state index contributed by atoms with van der Waals surface area (Å²) in [6, 6.07) is 35.3. The molecule has 0 spiro atoms. The van der Waals surface area contributed by atoms with Gasteiger partial charge in [-0.1, -0.05) is 130 Å². The zero-order valence-corrected chi connectivity index (χ0v) is 32.5. The van der Waals surface area contributed by atoms with Gasteiger partial charge in [0, 0.05) is 45.9 Å². The van der Waals surface area contributed by atoms with Crippen LogP contribution in [0.3, 0.4) is 0 Å². The van der Waals surface area contributed by atoms with E-state index in [0.717, 1.165) is 50.2 Å². The van der Waals surface area contributed by atoms with E-state index in [-0.39, 0.29) is 41.3 Å². The van der Waals surface area contributed by atoms with Gasteiger partial charge in [-0.25, -0.2) is 4.98 Å². The van der Waals surface area contributed by atoms with Gasteiger partial charge in [0.05, 0.1) is 40.4 Å². The first-order chi connectivity index (χ1) is 32.0. The number of nitrogens with zero attached hydrogens (tertiary/aromatic N) is 4. The molecule has 0 bridgehead atoms. The second-order valence-electron chi connectivity index (χ2n) is 15.6. The largest absolute Gasteiger partial charge is 0.457 e. The van der Waals surface area contributed by atoms with E-state index < -0.39 is 36.3 Å². The van der Waals surface area contributed by atoms with Crippen LogP contribution >= 0.6 is 0 Å². The number of pyridine rings is 1. The van der Waals surface area contributed by atoms with Crippen LogP contribution in [0, 0.1) is 6.92 Å². The van der Waals surface area contributed by atoms with Crippen LogP contribution in [0.4, 0.5) is 22.7 Å². The first-order valence-corrected chi connectivity index (χ1v) is 19.2. The first kappa shape index (κ1) is 26.7. The lowest BCUT2D eigenvalue weighted by Gasteiger charge is -2.27. The molecule has 0 saturated heterocycles. The molecule has 1 aliphatic heterocycles. The lowest BCUT2D eigenvalue weighted by Crippen LogP contribution is -2.25. The molecule has 282 valence electrons. The number of fused-ring (bicyclic) bond motifs is 4. The van der Waals surface area contributed by atoms with Gasteiger partial charge in [0.1, 0.15) is 24.0 Å². The number of aryl methyl sites for hydroxylation is 1. The summed E-state index contributed by atoms with van der Waals surface area (Å²) >= 11 is 0. The van der Waals surface area contributed by atoms with Crippen molar-refractivity contribution in [3.05, 3.63) is 193 Å². The Kier molecular flexibility index (Phi) is 6.50. The Balaban J connectivity index is 1.10. The van der Waals surface area contributed by atoms with Crippen molar-refractivity contribution < 1.29 is 17.1 Å². The molecule has 5 heteroatoms. The second kappa shape index (κ2) is 14.1. The summed E-state index contributed by atoms with van der Waals surface area (Å²) in [6.07, 6.45) is 1.86. The number of anilines is 4. The molecule has 9 aromatic rings. The first-order valence-electron chi connectivity index (χ1n) is 23.7. The molecule has 0 atom stereocenters. The third kappa shape index (κ3) is 6.25. The predicted molar refractivity (Wildman–Crippen MR) is 241 cm³/mol. The number of rotatable bonds is 7. The summed E-state index contributed by atoms with van der Waals surface area (Å²) in [4.78, 5) is 8.92. The van der Waals surface area contributed by atoms with E-state index >= 15 is 0 Å². The number of aromatic nitrogens is 2. The zero-order valence-electron chi connectivity index (χ0n) is 41.5. The topological polar surface area (TPSA) is 33.5 Å². The fraction of sp³-hybridized carbons (Fsp3) is 0.113. The van der Waals surface area contributed by atoms with Crippen LogP contribution in [0.25, 0.3) is 49.9 Å². The van der Waals surface area contributed by atoms with Gasteiger partial charge in [0.2, 0.25) is 0 Å². The van der Waals surface area contributed by atoms with Gasteiger partial charge in [-0.2, -0.15) is 0 Å². The van der Waals surface area contributed by atoms with Gasteiger partial charge in [-0.05, 0) is 89.2 Å². The Morgan fingerprint density at radius 2 is 1.31 bits per heavy atom. The van der Waals surface area contributed by atoms with E-state index in [9.17, 15) is 0 Å². The van der Waals surface area contributed by atoms with E-state index in [1.54, 1.807) is 18.2 Å². The molecule has 0 unspecified atom stereocenters. The number of hydrogen-bond acceptors (Lipinski definition) is 4. The SMILES string of the molecule is [2H]c1cc(-c2cccc(-c3c([2H])c([2H])c([2H])c([2H])c3[2H])c2N2CN(c3cc(C)cc(Oc4ccc5c6ccccc6n(-c6cc(C(C)(C)C)ccn6)c5c4)c3)c3ccccc32)c([2H])c([2H])c1[2H]. The highest BCUT2D eigenvalue weighted by Crippen LogP contribution is 2.50. The maximum Gasteiger partial charge on any atom is 0.137 e. The van der Waals surface area contributed by atoms with Crippen LogP contribution < -0.4 is 14.5 Å². The highest BCUT2D eigenvalue weighted by atomic mass is 16.5. The zero-order chi connectivity index (χ0) is 47.2. The molecule has 1 aliphatic rings. The molecule has 0 aliphatic carbocycles. The third-order valence-corrected chi connectivity index (χ3v) is 10.7. The quantitative estimate of drug-likeness (QED) is 0.162. The number of benzene rings is 7. The Labute approximate surface area is 352 Å². The van der Waals surface area contributed by atoms with Crippen LogP contribution in [0.1, 0.15) is 44.2 Å². The van der Waals surface area contributed by atoms with Gasteiger partial charge in [0.25, 0.3) is 0 Å². The van der Waals surface area contributed by atoms with Crippen LogP contribution in [-0.4, -0.2) is 16.2 Å². The van der Waals surface area contributed by atoms with E-state index in [4.69, 9.17) is 22.1 Å². The van der Waals surface area contributed by atoms with Crippen LogP contribution in [0.5, 0.6) is 11.5 Å². The lowest BCUT2D eigenvalue weighted by atomic mass is 9.88. The van der Waals surface area contributed by atoms with Crippen molar-refractivity contribution in [1.82, 2.24) is 9.55 Å². The summed E-state index contributed by atoms with van der Waals surface area (Å²) < 4.78 is 86.9. The molecule has 5 nitrogen and oxygen atoms in total. The van der Waals surface area contributed by atoms with Crippen molar-refractivity contribution in [2.75, 3.05) is 16.5 Å². The molecule has 0 radical (unpaired) electrons. The van der Waals surface area contributed by atoms with Gasteiger partial charge in [-0.15, -0.1) is 0 Å². The Morgan fingerprint density at radius 3 is 2.12 bits per heavy atom. The van der Waals surface area contributed by atoms with Gasteiger partial charge < -0.3 is 14.5 Å². The molecule has 2 aromatic heterocycles. The minimum absolute atomic E-state index is 0.0282. The average molecular weight is 762 g/mol. The fourth-order valence-corrected chi connectivity index (χ4v) is 8.04. The monoisotopic (exact) mass is 761 g/mol.